The molecule has 1 atom stereocenters. The van der Waals surface area contributed by atoms with Gasteiger partial charge in [0, 0.05) is 24.0 Å². The fourth-order valence-corrected chi connectivity index (χ4v) is 4.23. The third kappa shape index (κ3) is 5.39. The smallest absolute Gasteiger partial charge is 0.338 e. The molecule has 8 nitrogen and oxygen atoms in total. The molecule has 2 heterocycles. The number of ether oxygens (including phenoxy) is 2. The minimum atomic E-state index is -0.948. The maximum Gasteiger partial charge on any atom is 0.338 e. The number of anilines is 1. The summed E-state index contributed by atoms with van der Waals surface area (Å²) in [4.78, 5) is 17.9. The van der Waals surface area contributed by atoms with Crippen LogP contribution in [0.25, 0.3) is 22.4 Å². The second-order valence-electron chi connectivity index (χ2n) is 9.05. The van der Waals surface area contributed by atoms with E-state index in [9.17, 15) is 9.90 Å². The molecule has 9 heteroatoms. The zero-order chi connectivity index (χ0) is 27.5. The van der Waals surface area contributed by atoms with E-state index in [1.54, 1.807) is 73.1 Å². The summed E-state index contributed by atoms with van der Waals surface area (Å²) in [6.07, 6.45) is 3.54. The Morgan fingerprint density at radius 3 is 2.49 bits per heavy atom. The Morgan fingerprint density at radius 1 is 0.974 bits per heavy atom. The first kappa shape index (κ1) is 25.7. The number of fused-ring (bicyclic) bond motifs is 1. The molecule has 0 bridgehead atoms. The molecule has 0 spiro atoms. The summed E-state index contributed by atoms with van der Waals surface area (Å²) in [5, 5.41) is 12.8. The minimum Gasteiger partial charge on any atom is -0.491 e. The second kappa shape index (κ2) is 10.8. The molecule has 0 aliphatic rings. The fraction of sp³-hybridized carbons (Fsp3) is 0.133. The summed E-state index contributed by atoms with van der Waals surface area (Å²) < 4.78 is 29.6. The summed E-state index contributed by atoms with van der Waals surface area (Å²) in [5.41, 5.74) is 2.14. The molecule has 5 aromatic rings. The summed E-state index contributed by atoms with van der Waals surface area (Å²) >= 11 is 0. The average molecular weight is 527 g/mol. The van der Waals surface area contributed by atoms with Gasteiger partial charge in [0.05, 0.1) is 34.7 Å². The lowest BCUT2D eigenvalue weighted by molar-refractivity contribution is 0.241. The maximum absolute atomic E-state index is 15.3. The van der Waals surface area contributed by atoms with Crippen molar-refractivity contribution >= 4 is 16.7 Å². The van der Waals surface area contributed by atoms with Gasteiger partial charge in [-0.15, -0.1) is 0 Å². The molecule has 0 aliphatic carbocycles. The van der Waals surface area contributed by atoms with E-state index in [4.69, 9.17) is 9.47 Å². The van der Waals surface area contributed by atoms with Gasteiger partial charge >= 0.3 is 5.69 Å². The molecule has 39 heavy (non-hydrogen) atoms. The predicted molar refractivity (Wildman–Crippen MR) is 149 cm³/mol. The average Bonchev–Trinajstić information content (AvgIpc) is 3.21. The summed E-state index contributed by atoms with van der Waals surface area (Å²) in [7, 11) is 0. The Labute approximate surface area is 224 Å². The fourth-order valence-electron chi connectivity index (χ4n) is 4.23. The van der Waals surface area contributed by atoms with Crippen molar-refractivity contribution in [3.05, 3.63) is 114 Å². The lowest BCUT2D eigenvalue weighted by atomic mass is 10.2. The Hall–Kier alpha value is -4.89. The molecule has 0 aliphatic heterocycles. The molecule has 2 N–H and O–H groups in total. The normalized spacial score (nSPS) is 11.9. The van der Waals surface area contributed by atoms with Gasteiger partial charge in [0.25, 0.3) is 0 Å². The number of hydrogen-bond donors (Lipinski definition) is 2. The topological polar surface area (TPSA) is 90.5 Å². The van der Waals surface area contributed by atoms with E-state index in [2.05, 4.69) is 16.9 Å². The van der Waals surface area contributed by atoms with E-state index in [1.807, 2.05) is 13.8 Å². The molecular weight excluding hydrogens is 499 g/mol. The number of halogens is 1. The quantitative estimate of drug-likeness (QED) is 0.186. The van der Waals surface area contributed by atoms with Crippen molar-refractivity contribution in [2.75, 3.05) is 5.32 Å². The highest BCUT2D eigenvalue weighted by atomic mass is 19.1. The maximum atomic E-state index is 15.3. The van der Waals surface area contributed by atoms with E-state index < -0.39 is 17.7 Å². The van der Waals surface area contributed by atoms with E-state index in [1.165, 1.54) is 27.3 Å². The molecule has 198 valence electrons. The number of aromatic nitrogens is 3. The van der Waals surface area contributed by atoms with Crippen molar-refractivity contribution in [3.8, 4) is 28.6 Å². The molecule has 0 fully saturated rings. The Balaban J connectivity index is 1.53. The van der Waals surface area contributed by atoms with Gasteiger partial charge in [0.15, 0.2) is 11.6 Å². The SMILES string of the molecule is C=CC(O)Nc1cccc(-n2c(=O)n(-c3ccc(Oc4cccc(OC(C)C)c4)c(F)c3)c3cnccc32)c1. The number of pyridine rings is 1. The van der Waals surface area contributed by atoms with E-state index in [0.717, 1.165) is 0 Å². The molecule has 0 saturated heterocycles. The van der Waals surface area contributed by atoms with Crippen LogP contribution in [-0.2, 0) is 0 Å². The largest absolute Gasteiger partial charge is 0.491 e. The first-order valence-electron chi connectivity index (χ1n) is 12.3. The monoisotopic (exact) mass is 526 g/mol. The van der Waals surface area contributed by atoms with Crippen LogP contribution in [0, 0.1) is 5.82 Å². The molecular formula is C30H27FN4O4. The summed E-state index contributed by atoms with van der Waals surface area (Å²) in [5.74, 6) is 0.413. The molecule has 0 amide bonds. The molecule has 5 rings (SSSR count). The number of nitrogens with zero attached hydrogens (tertiary/aromatic N) is 3. The lowest BCUT2D eigenvalue weighted by Gasteiger charge is -2.12. The van der Waals surface area contributed by atoms with Crippen molar-refractivity contribution < 1.29 is 19.0 Å². The highest BCUT2D eigenvalue weighted by Crippen LogP contribution is 2.30. The van der Waals surface area contributed by atoms with Crippen LogP contribution in [0.4, 0.5) is 10.1 Å². The van der Waals surface area contributed by atoms with E-state index in [-0.39, 0.29) is 11.9 Å². The number of rotatable bonds is 9. The Morgan fingerprint density at radius 2 is 1.72 bits per heavy atom. The van der Waals surface area contributed by atoms with Crippen LogP contribution in [0.2, 0.25) is 0 Å². The number of benzene rings is 3. The zero-order valence-electron chi connectivity index (χ0n) is 21.4. The lowest BCUT2D eigenvalue weighted by Crippen LogP contribution is -2.22. The van der Waals surface area contributed by atoms with Crippen LogP contribution in [-0.4, -0.2) is 31.6 Å². The summed E-state index contributed by atoms with van der Waals surface area (Å²) in [6, 6.07) is 20.1. The number of aliphatic hydroxyl groups is 1. The second-order valence-corrected chi connectivity index (χ2v) is 9.05. The van der Waals surface area contributed by atoms with Gasteiger partial charge in [0.1, 0.15) is 17.7 Å². The molecule has 3 aromatic carbocycles. The van der Waals surface area contributed by atoms with E-state index >= 15 is 4.39 Å². The number of nitrogens with one attached hydrogen (secondary N) is 1. The number of aliphatic hydroxyl groups excluding tert-OH is 1. The Bertz CT molecular complexity index is 1710. The minimum absolute atomic E-state index is 0.00918. The molecule has 1 unspecified atom stereocenters. The van der Waals surface area contributed by atoms with Crippen molar-refractivity contribution in [2.24, 2.45) is 0 Å². The molecule has 0 saturated carbocycles. The number of imidazole rings is 1. The third-order valence-electron chi connectivity index (χ3n) is 5.86. The van der Waals surface area contributed by atoms with E-state index in [0.29, 0.717) is 39.6 Å². The van der Waals surface area contributed by atoms with Crippen LogP contribution in [0.5, 0.6) is 17.2 Å². The van der Waals surface area contributed by atoms with Gasteiger partial charge < -0.3 is 19.9 Å². The van der Waals surface area contributed by atoms with Crippen molar-refractivity contribution in [1.82, 2.24) is 14.1 Å². The standard InChI is InChI=1S/C30H27FN4O4/c1-4-29(36)33-20-7-5-8-21(15-20)34-26-13-14-32-18-27(26)35(30(34)37)22-11-12-28(25(31)16-22)39-24-10-6-9-23(17-24)38-19(2)3/h4-19,29,33,36H,1H2,2-3H3. The van der Waals surface area contributed by atoms with Gasteiger partial charge in [-0.1, -0.05) is 18.7 Å². The first-order valence-corrected chi connectivity index (χ1v) is 12.3. The third-order valence-corrected chi connectivity index (χ3v) is 5.86. The van der Waals surface area contributed by atoms with Crippen molar-refractivity contribution in [1.29, 1.82) is 0 Å². The van der Waals surface area contributed by atoms with Crippen molar-refractivity contribution in [2.45, 2.75) is 26.2 Å². The van der Waals surface area contributed by atoms with Gasteiger partial charge in [-0.2, -0.15) is 0 Å². The van der Waals surface area contributed by atoms with Gasteiger partial charge in [-0.3, -0.25) is 14.1 Å². The predicted octanol–water partition coefficient (Wildman–Crippen LogP) is 5.81. The van der Waals surface area contributed by atoms with Crippen LogP contribution in [0.3, 0.4) is 0 Å². The van der Waals surface area contributed by atoms with Crippen LogP contribution in [0.15, 0.2) is 103 Å². The molecule has 0 radical (unpaired) electrons. The molecule has 2 aromatic heterocycles. The van der Waals surface area contributed by atoms with Gasteiger partial charge in [-0.05, 0) is 68.5 Å². The first-order chi connectivity index (χ1) is 18.8. The summed E-state index contributed by atoms with van der Waals surface area (Å²) in [6.45, 7) is 7.39. The Kier molecular flexibility index (Phi) is 7.16. The highest BCUT2D eigenvalue weighted by Gasteiger charge is 2.18. The van der Waals surface area contributed by atoms with Gasteiger partial charge in [0.2, 0.25) is 0 Å². The van der Waals surface area contributed by atoms with Crippen LogP contribution in [0.1, 0.15) is 13.8 Å². The zero-order valence-corrected chi connectivity index (χ0v) is 21.4. The van der Waals surface area contributed by atoms with Gasteiger partial charge in [-0.25, -0.2) is 9.18 Å². The van der Waals surface area contributed by atoms with Crippen molar-refractivity contribution in [3.63, 3.8) is 0 Å². The number of hydrogen-bond acceptors (Lipinski definition) is 6. The highest BCUT2D eigenvalue weighted by molar-refractivity contribution is 5.79. The van der Waals surface area contributed by atoms with Crippen LogP contribution < -0.4 is 20.5 Å². The van der Waals surface area contributed by atoms with Crippen LogP contribution >= 0.6 is 0 Å².